The van der Waals surface area contributed by atoms with E-state index in [1.807, 2.05) is 51.1 Å². The van der Waals surface area contributed by atoms with Gasteiger partial charge in [-0.25, -0.2) is 4.39 Å². The van der Waals surface area contributed by atoms with Crippen LogP contribution in [0.1, 0.15) is 34.7 Å². The maximum absolute atomic E-state index is 14.2. The highest BCUT2D eigenvalue weighted by Crippen LogP contribution is 2.30. The number of nitrogens with zero attached hydrogens (tertiary/aromatic N) is 1. The van der Waals surface area contributed by atoms with E-state index in [0.29, 0.717) is 35.6 Å². The van der Waals surface area contributed by atoms with Gasteiger partial charge in [-0.1, -0.05) is 30.3 Å². The van der Waals surface area contributed by atoms with Crippen molar-refractivity contribution in [3.05, 3.63) is 97.4 Å². The van der Waals surface area contributed by atoms with Gasteiger partial charge in [0, 0.05) is 21.2 Å². The van der Waals surface area contributed by atoms with Gasteiger partial charge < -0.3 is 10.1 Å². The summed E-state index contributed by atoms with van der Waals surface area (Å²) in [5, 5.41) is 12.5. The number of nitrogens with one attached hydrogen (secondary N) is 1. The van der Waals surface area contributed by atoms with Crippen molar-refractivity contribution in [2.45, 2.75) is 27.2 Å². The van der Waals surface area contributed by atoms with E-state index in [4.69, 9.17) is 4.74 Å². The molecule has 0 spiro atoms. The summed E-state index contributed by atoms with van der Waals surface area (Å²) in [4.78, 5) is 12.8. The van der Waals surface area contributed by atoms with Crippen LogP contribution in [0, 0.1) is 34.6 Å². The molecule has 3 aromatic carbocycles. The van der Waals surface area contributed by atoms with Gasteiger partial charge in [0.1, 0.15) is 23.2 Å². The van der Waals surface area contributed by atoms with E-state index in [0.717, 1.165) is 20.3 Å². The highest BCUT2D eigenvalue weighted by molar-refractivity contribution is 14.1. The second-order valence-electron chi connectivity index (χ2n) is 7.55. The van der Waals surface area contributed by atoms with Crippen molar-refractivity contribution in [2.24, 2.45) is 0 Å². The molecule has 0 fully saturated rings. The van der Waals surface area contributed by atoms with E-state index < -0.39 is 5.91 Å². The lowest BCUT2D eigenvalue weighted by atomic mass is 10.0. The Morgan fingerprint density at radius 1 is 1.18 bits per heavy atom. The number of halogens is 2. The smallest absolute Gasteiger partial charge is 0.266 e. The van der Waals surface area contributed by atoms with Crippen molar-refractivity contribution in [2.75, 3.05) is 11.9 Å². The highest BCUT2D eigenvalue weighted by atomic mass is 127. The first-order valence-corrected chi connectivity index (χ1v) is 11.6. The summed E-state index contributed by atoms with van der Waals surface area (Å²) in [6.45, 7) is 6.20. The van der Waals surface area contributed by atoms with Crippen LogP contribution in [0.25, 0.3) is 6.08 Å². The number of hydrogen-bond acceptors (Lipinski definition) is 3. The lowest BCUT2D eigenvalue weighted by Gasteiger charge is -2.14. The van der Waals surface area contributed by atoms with Crippen LogP contribution in [0.15, 0.2) is 60.2 Å². The molecule has 0 bridgehead atoms. The summed E-state index contributed by atoms with van der Waals surface area (Å²) in [5.74, 6) is -0.143. The molecule has 0 aliphatic rings. The summed E-state index contributed by atoms with van der Waals surface area (Å²) in [6, 6.07) is 17.9. The van der Waals surface area contributed by atoms with Gasteiger partial charge in [-0.05, 0) is 96.0 Å². The zero-order valence-corrected chi connectivity index (χ0v) is 20.9. The van der Waals surface area contributed by atoms with Crippen LogP contribution in [0.3, 0.4) is 0 Å². The second-order valence-corrected chi connectivity index (χ2v) is 8.71. The normalized spacial score (nSPS) is 11.1. The molecule has 0 saturated carbocycles. The van der Waals surface area contributed by atoms with Crippen LogP contribution < -0.4 is 10.1 Å². The van der Waals surface area contributed by atoms with Crippen molar-refractivity contribution in [1.29, 1.82) is 5.26 Å². The lowest BCUT2D eigenvalue weighted by molar-refractivity contribution is -0.112. The summed E-state index contributed by atoms with van der Waals surface area (Å²) in [5.41, 5.74) is 4.75. The molecule has 33 heavy (non-hydrogen) atoms. The van der Waals surface area contributed by atoms with Crippen molar-refractivity contribution >= 4 is 40.3 Å². The number of hydrogen-bond donors (Lipinski definition) is 1. The topological polar surface area (TPSA) is 62.1 Å². The largest absolute Gasteiger partial charge is 0.494 e. The number of amides is 1. The first-order chi connectivity index (χ1) is 15.8. The lowest BCUT2D eigenvalue weighted by Crippen LogP contribution is -2.14. The standard InChI is InChI=1S/C27H24FIN2O2/c1-4-33-26-14-19(13-24(29)22(26)15-20-9-5-6-10-23(20)28)12-21(16-30)27(32)31-25-11-7-8-17(2)18(25)3/h5-14H,4,15H2,1-3H3,(H,31,32)/b21-12+. The van der Waals surface area contributed by atoms with Gasteiger partial charge in [-0.3, -0.25) is 4.79 Å². The van der Waals surface area contributed by atoms with Crippen LogP contribution in [0.2, 0.25) is 0 Å². The summed E-state index contributed by atoms with van der Waals surface area (Å²) >= 11 is 2.18. The van der Waals surface area contributed by atoms with Gasteiger partial charge in [-0.2, -0.15) is 5.26 Å². The van der Waals surface area contributed by atoms with Crippen LogP contribution in [0.5, 0.6) is 5.75 Å². The molecule has 0 aliphatic carbocycles. The summed E-state index contributed by atoms with van der Waals surface area (Å²) in [6.07, 6.45) is 1.92. The fourth-order valence-corrected chi connectivity index (χ4v) is 4.21. The first kappa shape index (κ1) is 24.5. The van der Waals surface area contributed by atoms with E-state index in [9.17, 15) is 14.4 Å². The van der Waals surface area contributed by atoms with Crippen molar-refractivity contribution < 1.29 is 13.9 Å². The predicted molar refractivity (Wildman–Crippen MR) is 138 cm³/mol. The number of anilines is 1. The van der Waals surface area contributed by atoms with Gasteiger partial charge in [0.25, 0.3) is 5.91 Å². The molecule has 0 radical (unpaired) electrons. The third-order valence-electron chi connectivity index (χ3n) is 5.33. The molecule has 0 aromatic heterocycles. The number of aryl methyl sites for hydroxylation is 1. The van der Waals surface area contributed by atoms with Crippen molar-refractivity contribution in [3.63, 3.8) is 0 Å². The third kappa shape index (κ3) is 5.99. The number of benzene rings is 3. The van der Waals surface area contributed by atoms with Crippen molar-refractivity contribution in [3.8, 4) is 11.8 Å². The molecule has 1 amide bonds. The van der Waals surface area contributed by atoms with Gasteiger partial charge in [0.05, 0.1) is 6.61 Å². The Balaban J connectivity index is 1.94. The van der Waals surface area contributed by atoms with E-state index in [2.05, 4.69) is 27.9 Å². The molecule has 0 aliphatic heterocycles. The molecule has 0 unspecified atom stereocenters. The fraction of sp³-hybridized carbons (Fsp3) is 0.185. The number of rotatable bonds is 7. The molecule has 6 heteroatoms. The number of nitriles is 1. The van der Waals surface area contributed by atoms with Gasteiger partial charge in [-0.15, -0.1) is 0 Å². The SMILES string of the molecule is CCOc1cc(/C=C(\C#N)C(=O)Nc2cccc(C)c2C)cc(I)c1Cc1ccccc1F. The van der Waals surface area contributed by atoms with E-state index in [1.165, 1.54) is 12.1 Å². The minimum absolute atomic E-state index is 0.0176. The molecule has 3 rings (SSSR count). The quantitative estimate of drug-likeness (QED) is 0.204. The molecular formula is C27H24FIN2O2. The minimum atomic E-state index is -0.477. The Labute approximate surface area is 207 Å². The zero-order chi connectivity index (χ0) is 24.0. The predicted octanol–water partition coefficient (Wildman–Crippen LogP) is 6.58. The van der Waals surface area contributed by atoms with Gasteiger partial charge in [0.2, 0.25) is 0 Å². The highest BCUT2D eigenvalue weighted by Gasteiger charge is 2.15. The van der Waals surface area contributed by atoms with E-state index >= 15 is 0 Å². The van der Waals surface area contributed by atoms with Crippen LogP contribution in [-0.2, 0) is 11.2 Å². The first-order valence-electron chi connectivity index (χ1n) is 10.5. The van der Waals surface area contributed by atoms with Crippen LogP contribution in [-0.4, -0.2) is 12.5 Å². The zero-order valence-electron chi connectivity index (χ0n) is 18.7. The maximum Gasteiger partial charge on any atom is 0.266 e. The molecule has 0 saturated heterocycles. The Bertz CT molecular complexity index is 1260. The number of carbonyl (C=O) groups excluding carboxylic acids is 1. The summed E-state index contributed by atoms with van der Waals surface area (Å²) in [7, 11) is 0. The molecule has 3 aromatic rings. The van der Waals surface area contributed by atoms with Crippen LogP contribution >= 0.6 is 22.6 Å². The molecule has 4 nitrogen and oxygen atoms in total. The van der Waals surface area contributed by atoms with Crippen molar-refractivity contribution in [1.82, 2.24) is 0 Å². The molecule has 0 atom stereocenters. The van der Waals surface area contributed by atoms with Gasteiger partial charge >= 0.3 is 0 Å². The average Bonchev–Trinajstić information content (AvgIpc) is 2.79. The van der Waals surface area contributed by atoms with Gasteiger partial charge in [0.15, 0.2) is 0 Å². The molecule has 168 valence electrons. The monoisotopic (exact) mass is 554 g/mol. The fourth-order valence-electron chi connectivity index (χ4n) is 3.39. The number of carbonyl (C=O) groups is 1. The molecule has 1 N–H and O–H groups in total. The second kappa shape index (κ2) is 11.1. The number of ether oxygens (including phenoxy) is 1. The van der Waals surface area contributed by atoms with Crippen LogP contribution in [0.4, 0.5) is 10.1 Å². The average molecular weight is 554 g/mol. The summed E-state index contributed by atoms with van der Waals surface area (Å²) < 4.78 is 20.9. The molecule has 0 heterocycles. The Kier molecular flexibility index (Phi) is 8.23. The molecular weight excluding hydrogens is 530 g/mol. The van der Waals surface area contributed by atoms with E-state index in [1.54, 1.807) is 24.3 Å². The Morgan fingerprint density at radius 2 is 1.94 bits per heavy atom. The maximum atomic E-state index is 14.2. The third-order valence-corrected chi connectivity index (χ3v) is 6.29. The minimum Gasteiger partial charge on any atom is -0.494 e. The Morgan fingerprint density at radius 3 is 2.64 bits per heavy atom. The Hall–Kier alpha value is -3.18. The van der Waals surface area contributed by atoms with E-state index in [-0.39, 0.29) is 11.4 Å².